The molecule has 1 atom stereocenters. The highest BCUT2D eigenvalue weighted by atomic mass is 35.5. The molecule has 166 valence electrons. The standard InChI is InChI=1S/C20H18ClF4N3O2S/c1-31(29,30)27-7-6-17(12-27)28(16-5-3-13(10-26)19(21)9-16)11-14-2-4-15(22)8-18(14)20(23,24)25/h2-5,8-9,17H,6-7,11-12H2,1H3/t17-/m0/s1. The van der Waals surface area contributed by atoms with Gasteiger partial charge < -0.3 is 4.90 Å². The molecule has 1 aliphatic rings. The lowest BCUT2D eigenvalue weighted by Gasteiger charge is -2.32. The van der Waals surface area contributed by atoms with Gasteiger partial charge in [-0.1, -0.05) is 17.7 Å². The Hall–Kier alpha value is -2.35. The number of alkyl halides is 3. The number of hydrogen-bond donors (Lipinski definition) is 0. The summed E-state index contributed by atoms with van der Waals surface area (Å²) in [6.45, 7) is 0.0537. The van der Waals surface area contributed by atoms with E-state index < -0.39 is 33.6 Å². The molecule has 11 heteroatoms. The highest BCUT2D eigenvalue weighted by Crippen LogP contribution is 2.35. The van der Waals surface area contributed by atoms with Crippen molar-refractivity contribution < 1.29 is 26.0 Å². The second-order valence-corrected chi connectivity index (χ2v) is 9.66. The minimum atomic E-state index is -4.76. The third-order valence-electron chi connectivity index (χ3n) is 5.16. The molecular weight excluding hydrogens is 458 g/mol. The van der Waals surface area contributed by atoms with Gasteiger partial charge >= 0.3 is 6.18 Å². The Bertz CT molecular complexity index is 1130. The van der Waals surface area contributed by atoms with Crippen molar-refractivity contribution in [2.75, 3.05) is 24.2 Å². The fraction of sp³-hybridized carbons (Fsp3) is 0.350. The highest BCUT2D eigenvalue weighted by Gasteiger charge is 2.37. The maximum Gasteiger partial charge on any atom is 0.416 e. The highest BCUT2D eigenvalue weighted by molar-refractivity contribution is 7.88. The maximum atomic E-state index is 13.5. The average molecular weight is 476 g/mol. The monoisotopic (exact) mass is 475 g/mol. The first-order valence-electron chi connectivity index (χ1n) is 9.17. The fourth-order valence-corrected chi connectivity index (χ4v) is 4.70. The maximum absolute atomic E-state index is 13.5. The first-order chi connectivity index (χ1) is 14.4. The summed E-state index contributed by atoms with van der Waals surface area (Å²) < 4.78 is 79.1. The molecule has 0 unspecified atom stereocenters. The van der Waals surface area contributed by atoms with Crippen LogP contribution in [0.3, 0.4) is 0 Å². The summed E-state index contributed by atoms with van der Waals surface area (Å²) in [7, 11) is -3.47. The zero-order chi connectivity index (χ0) is 23.0. The quantitative estimate of drug-likeness (QED) is 0.601. The number of hydrogen-bond acceptors (Lipinski definition) is 4. The summed E-state index contributed by atoms with van der Waals surface area (Å²) in [6, 6.07) is 8.39. The van der Waals surface area contributed by atoms with E-state index in [9.17, 15) is 26.0 Å². The van der Waals surface area contributed by atoms with Crippen molar-refractivity contribution in [3.63, 3.8) is 0 Å². The van der Waals surface area contributed by atoms with Crippen LogP contribution in [0.4, 0.5) is 23.2 Å². The van der Waals surface area contributed by atoms with Crippen LogP contribution in [0.15, 0.2) is 36.4 Å². The Labute approximate surface area is 182 Å². The van der Waals surface area contributed by atoms with Crippen LogP contribution in [-0.4, -0.2) is 38.1 Å². The summed E-state index contributed by atoms with van der Waals surface area (Å²) in [5, 5.41) is 9.21. The number of nitriles is 1. The minimum Gasteiger partial charge on any atom is -0.363 e. The molecule has 2 aromatic carbocycles. The van der Waals surface area contributed by atoms with Gasteiger partial charge in [0.1, 0.15) is 11.9 Å². The van der Waals surface area contributed by atoms with Crippen molar-refractivity contribution in [3.05, 3.63) is 63.9 Å². The predicted molar refractivity (Wildman–Crippen MR) is 109 cm³/mol. The van der Waals surface area contributed by atoms with Gasteiger partial charge in [-0.15, -0.1) is 0 Å². The van der Waals surface area contributed by atoms with Crippen LogP contribution in [-0.2, 0) is 22.7 Å². The van der Waals surface area contributed by atoms with Crippen LogP contribution >= 0.6 is 11.6 Å². The molecule has 1 fully saturated rings. The van der Waals surface area contributed by atoms with E-state index in [0.717, 1.165) is 18.4 Å². The molecule has 0 aliphatic carbocycles. The Morgan fingerprint density at radius 2 is 1.97 bits per heavy atom. The molecule has 0 bridgehead atoms. The number of benzene rings is 2. The van der Waals surface area contributed by atoms with E-state index in [0.29, 0.717) is 18.2 Å². The van der Waals surface area contributed by atoms with Crippen molar-refractivity contribution in [2.24, 2.45) is 0 Å². The third kappa shape index (κ3) is 5.29. The summed E-state index contributed by atoms with van der Waals surface area (Å²) in [6.07, 6.45) is -3.31. The Morgan fingerprint density at radius 1 is 1.26 bits per heavy atom. The van der Waals surface area contributed by atoms with Crippen molar-refractivity contribution in [1.82, 2.24) is 4.31 Å². The SMILES string of the molecule is CS(=O)(=O)N1CC[C@H](N(Cc2ccc(F)cc2C(F)(F)F)c2ccc(C#N)c(Cl)c2)C1. The lowest BCUT2D eigenvalue weighted by Crippen LogP contribution is -2.39. The number of nitrogens with zero attached hydrogens (tertiary/aromatic N) is 3. The molecule has 1 heterocycles. The topological polar surface area (TPSA) is 64.4 Å². The van der Waals surface area contributed by atoms with Crippen LogP contribution < -0.4 is 4.90 Å². The van der Waals surface area contributed by atoms with Crippen LogP contribution in [0.1, 0.15) is 23.1 Å². The van der Waals surface area contributed by atoms with Gasteiger partial charge in [-0.2, -0.15) is 18.4 Å². The van der Waals surface area contributed by atoms with E-state index in [1.165, 1.54) is 16.4 Å². The normalized spacial score (nSPS) is 17.5. The number of sulfonamides is 1. The average Bonchev–Trinajstić information content (AvgIpc) is 3.16. The van der Waals surface area contributed by atoms with Gasteiger partial charge in [0.2, 0.25) is 10.0 Å². The molecule has 0 amide bonds. The molecule has 0 aromatic heterocycles. The Morgan fingerprint density at radius 3 is 2.52 bits per heavy atom. The molecular formula is C20H18ClF4N3O2S. The van der Waals surface area contributed by atoms with Gasteiger partial charge in [0, 0.05) is 31.4 Å². The molecule has 0 spiro atoms. The van der Waals surface area contributed by atoms with E-state index >= 15 is 0 Å². The van der Waals surface area contributed by atoms with Crippen LogP contribution in [0, 0.1) is 17.1 Å². The summed E-state index contributed by atoms with van der Waals surface area (Å²) in [5.41, 5.74) is -0.628. The summed E-state index contributed by atoms with van der Waals surface area (Å²) in [5.74, 6) is -1.01. The van der Waals surface area contributed by atoms with E-state index in [4.69, 9.17) is 16.9 Å². The second-order valence-electron chi connectivity index (χ2n) is 7.27. The smallest absolute Gasteiger partial charge is 0.363 e. The number of rotatable bonds is 5. The van der Waals surface area contributed by atoms with Gasteiger partial charge in [0.05, 0.1) is 22.4 Å². The van der Waals surface area contributed by atoms with Gasteiger partial charge in [-0.3, -0.25) is 0 Å². The fourth-order valence-electron chi connectivity index (χ4n) is 3.60. The lowest BCUT2D eigenvalue weighted by atomic mass is 10.0. The van der Waals surface area contributed by atoms with Gasteiger partial charge in [-0.05, 0) is 42.3 Å². The summed E-state index contributed by atoms with van der Waals surface area (Å²) >= 11 is 6.12. The molecule has 0 N–H and O–H groups in total. The van der Waals surface area contributed by atoms with Crippen molar-refractivity contribution in [2.45, 2.75) is 25.2 Å². The van der Waals surface area contributed by atoms with Gasteiger partial charge in [-0.25, -0.2) is 17.1 Å². The largest absolute Gasteiger partial charge is 0.416 e. The molecule has 0 radical (unpaired) electrons. The van der Waals surface area contributed by atoms with E-state index in [1.807, 2.05) is 6.07 Å². The molecule has 31 heavy (non-hydrogen) atoms. The van der Waals surface area contributed by atoms with Gasteiger partial charge in [0.15, 0.2) is 0 Å². The first kappa shape index (κ1) is 23.3. The van der Waals surface area contributed by atoms with Crippen molar-refractivity contribution in [1.29, 1.82) is 5.26 Å². The summed E-state index contributed by atoms with van der Waals surface area (Å²) in [4.78, 5) is 1.61. The first-order valence-corrected chi connectivity index (χ1v) is 11.4. The van der Waals surface area contributed by atoms with Gasteiger partial charge in [0.25, 0.3) is 0 Å². The van der Waals surface area contributed by atoms with Crippen molar-refractivity contribution >= 4 is 27.3 Å². The zero-order valence-electron chi connectivity index (χ0n) is 16.3. The zero-order valence-corrected chi connectivity index (χ0v) is 17.9. The van der Waals surface area contributed by atoms with E-state index in [2.05, 4.69) is 0 Å². The molecule has 5 nitrogen and oxygen atoms in total. The minimum absolute atomic E-state index is 0.0823. The Kier molecular flexibility index (Phi) is 6.51. The third-order valence-corrected chi connectivity index (χ3v) is 6.74. The number of halogens is 5. The molecule has 0 saturated carbocycles. The molecule has 3 rings (SSSR count). The van der Waals surface area contributed by atoms with Crippen LogP contribution in [0.25, 0.3) is 0 Å². The molecule has 1 saturated heterocycles. The molecule has 1 aliphatic heterocycles. The second kappa shape index (κ2) is 8.65. The lowest BCUT2D eigenvalue weighted by molar-refractivity contribution is -0.138. The van der Waals surface area contributed by atoms with E-state index in [1.54, 1.807) is 11.0 Å². The van der Waals surface area contributed by atoms with Crippen LogP contribution in [0.5, 0.6) is 0 Å². The van der Waals surface area contributed by atoms with E-state index in [-0.39, 0.29) is 35.8 Å². The predicted octanol–water partition coefficient (Wildman–Crippen LogP) is 4.41. The molecule has 2 aromatic rings. The van der Waals surface area contributed by atoms with Crippen molar-refractivity contribution in [3.8, 4) is 6.07 Å². The number of anilines is 1. The van der Waals surface area contributed by atoms with Crippen LogP contribution in [0.2, 0.25) is 5.02 Å². The Balaban J connectivity index is 2.04.